The van der Waals surface area contributed by atoms with Crippen molar-refractivity contribution in [3.8, 4) is 0 Å². The maximum Gasteiger partial charge on any atom is 0.317 e. The second-order valence-corrected chi connectivity index (χ2v) is 8.27. The van der Waals surface area contributed by atoms with E-state index in [9.17, 15) is 9.59 Å². The number of fused-ring (bicyclic) bond motifs is 1. The first kappa shape index (κ1) is 19.5. The van der Waals surface area contributed by atoms with Gasteiger partial charge in [0, 0.05) is 58.4 Å². The molecular formula is C20H31N5O2. The maximum atomic E-state index is 13.2. The summed E-state index contributed by atoms with van der Waals surface area (Å²) in [6.45, 7) is 6.62. The molecule has 148 valence electrons. The van der Waals surface area contributed by atoms with E-state index in [-0.39, 0.29) is 23.9 Å². The molecular weight excluding hydrogens is 342 g/mol. The lowest BCUT2D eigenvalue weighted by atomic mass is 9.74. The van der Waals surface area contributed by atoms with E-state index in [1.165, 1.54) is 0 Å². The van der Waals surface area contributed by atoms with Gasteiger partial charge >= 0.3 is 6.03 Å². The van der Waals surface area contributed by atoms with Crippen molar-refractivity contribution in [3.05, 3.63) is 24.4 Å². The van der Waals surface area contributed by atoms with Crippen LogP contribution in [-0.4, -0.2) is 73.0 Å². The SMILES string of the molecule is CC(C)NC(=O)N1CCC[C@]2(C(=O)N(C)C)CN(c3ccccn3)C[C@@H]2C1. The molecule has 3 heterocycles. The Morgan fingerprint density at radius 3 is 2.70 bits per heavy atom. The van der Waals surface area contributed by atoms with E-state index in [1.54, 1.807) is 11.1 Å². The average Bonchev–Trinajstić information content (AvgIpc) is 2.90. The van der Waals surface area contributed by atoms with Crippen molar-refractivity contribution in [3.63, 3.8) is 0 Å². The molecule has 2 aliphatic rings. The molecule has 0 bridgehead atoms. The van der Waals surface area contributed by atoms with Crippen LogP contribution in [0.25, 0.3) is 0 Å². The number of rotatable bonds is 3. The van der Waals surface area contributed by atoms with Crippen LogP contribution < -0.4 is 10.2 Å². The quantitative estimate of drug-likeness (QED) is 0.877. The number of amides is 3. The molecule has 3 rings (SSSR count). The molecule has 7 heteroatoms. The molecule has 0 aromatic carbocycles. The highest BCUT2D eigenvalue weighted by atomic mass is 16.2. The van der Waals surface area contributed by atoms with Crippen LogP contribution in [0.1, 0.15) is 26.7 Å². The number of urea groups is 1. The van der Waals surface area contributed by atoms with Crippen LogP contribution in [0.4, 0.5) is 10.6 Å². The van der Waals surface area contributed by atoms with Gasteiger partial charge in [0.1, 0.15) is 5.82 Å². The minimum atomic E-state index is -0.464. The Kier molecular flexibility index (Phi) is 5.58. The van der Waals surface area contributed by atoms with Crippen molar-refractivity contribution < 1.29 is 9.59 Å². The molecule has 1 aromatic rings. The summed E-state index contributed by atoms with van der Waals surface area (Å²) in [5.74, 6) is 1.15. The molecule has 0 unspecified atom stereocenters. The monoisotopic (exact) mass is 373 g/mol. The average molecular weight is 374 g/mol. The molecule has 2 atom stereocenters. The van der Waals surface area contributed by atoms with Crippen LogP contribution in [0.15, 0.2) is 24.4 Å². The first-order chi connectivity index (χ1) is 12.8. The van der Waals surface area contributed by atoms with Gasteiger partial charge in [-0.3, -0.25) is 4.79 Å². The Morgan fingerprint density at radius 1 is 1.30 bits per heavy atom. The Labute approximate surface area is 161 Å². The van der Waals surface area contributed by atoms with Crippen molar-refractivity contribution >= 4 is 17.8 Å². The Hall–Kier alpha value is -2.31. The van der Waals surface area contributed by atoms with Gasteiger partial charge in [-0.15, -0.1) is 0 Å². The standard InChI is InChI=1S/C20H31N5O2/c1-15(2)22-19(27)24-11-7-9-20(18(26)23(3)4)14-25(13-16(20)12-24)17-8-5-6-10-21-17/h5-6,8,10,15-16H,7,9,11-14H2,1-4H3,(H,22,27)/t16-,20-/m0/s1. The summed E-state index contributed by atoms with van der Waals surface area (Å²) < 4.78 is 0. The summed E-state index contributed by atoms with van der Waals surface area (Å²) in [5, 5.41) is 2.99. The lowest BCUT2D eigenvalue weighted by Crippen LogP contribution is -2.49. The van der Waals surface area contributed by atoms with Crippen molar-refractivity contribution in [2.45, 2.75) is 32.7 Å². The molecule has 1 aromatic heterocycles. The fraction of sp³-hybridized carbons (Fsp3) is 0.650. The second-order valence-electron chi connectivity index (χ2n) is 8.27. The van der Waals surface area contributed by atoms with Crippen LogP contribution in [0.3, 0.4) is 0 Å². The van der Waals surface area contributed by atoms with Gasteiger partial charge in [-0.2, -0.15) is 0 Å². The predicted molar refractivity (Wildman–Crippen MR) is 106 cm³/mol. The first-order valence-corrected chi connectivity index (χ1v) is 9.76. The summed E-state index contributed by atoms with van der Waals surface area (Å²) in [7, 11) is 3.65. The fourth-order valence-electron chi connectivity index (χ4n) is 4.47. The summed E-state index contributed by atoms with van der Waals surface area (Å²) in [5.41, 5.74) is -0.464. The van der Waals surface area contributed by atoms with E-state index in [4.69, 9.17) is 0 Å². The van der Waals surface area contributed by atoms with Gasteiger partial charge in [-0.05, 0) is 38.8 Å². The molecule has 0 spiro atoms. The highest BCUT2D eigenvalue weighted by molar-refractivity contribution is 5.85. The largest absolute Gasteiger partial charge is 0.355 e. The van der Waals surface area contributed by atoms with Crippen molar-refractivity contribution in [1.82, 2.24) is 20.1 Å². The Morgan fingerprint density at radius 2 is 2.07 bits per heavy atom. The van der Waals surface area contributed by atoms with E-state index in [0.717, 1.165) is 25.2 Å². The van der Waals surface area contributed by atoms with Crippen LogP contribution in [0.2, 0.25) is 0 Å². The predicted octanol–water partition coefficient (Wildman–Crippen LogP) is 1.81. The van der Waals surface area contributed by atoms with Gasteiger partial charge in [0.2, 0.25) is 5.91 Å². The highest BCUT2D eigenvalue weighted by Gasteiger charge is 2.54. The number of carbonyl (C=O) groups excluding carboxylic acids is 2. The summed E-state index contributed by atoms with van der Waals surface area (Å²) in [6.07, 6.45) is 3.41. The Balaban J connectivity index is 1.88. The number of hydrogen-bond acceptors (Lipinski definition) is 4. The van der Waals surface area contributed by atoms with Gasteiger partial charge < -0.3 is 20.0 Å². The zero-order valence-electron chi connectivity index (χ0n) is 16.8. The van der Waals surface area contributed by atoms with Gasteiger partial charge in [0.15, 0.2) is 0 Å². The molecule has 0 radical (unpaired) electrons. The van der Waals surface area contributed by atoms with Crippen molar-refractivity contribution in [1.29, 1.82) is 0 Å². The van der Waals surface area contributed by atoms with Crippen LogP contribution in [0.5, 0.6) is 0 Å². The lowest BCUT2D eigenvalue weighted by Gasteiger charge is -2.34. The van der Waals surface area contributed by atoms with Crippen LogP contribution >= 0.6 is 0 Å². The second kappa shape index (κ2) is 7.74. The van der Waals surface area contributed by atoms with Gasteiger partial charge in [0.25, 0.3) is 0 Å². The van der Waals surface area contributed by atoms with E-state index in [1.807, 2.05) is 51.0 Å². The number of anilines is 1. The van der Waals surface area contributed by atoms with Crippen LogP contribution in [0, 0.1) is 11.3 Å². The van der Waals surface area contributed by atoms with Gasteiger partial charge in [-0.1, -0.05) is 6.07 Å². The lowest BCUT2D eigenvalue weighted by molar-refractivity contribution is -0.141. The number of nitrogens with one attached hydrogen (secondary N) is 1. The number of carbonyl (C=O) groups is 2. The normalized spacial score (nSPS) is 25.1. The third kappa shape index (κ3) is 3.87. The molecule has 1 N–H and O–H groups in total. The van der Waals surface area contributed by atoms with Crippen molar-refractivity contribution in [2.24, 2.45) is 11.3 Å². The minimum Gasteiger partial charge on any atom is -0.355 e. The first-order valence-electron chi connectivity index (χ1n) is 9.76. The van der Waals surface area contributed by atoms with E-state index < -0.39 is 5.41 Å². The highest BCUT2D eigenvalue weighted by Crippen LogP contribution is 2.44. The fourth-order valence-corrected chi connectivity index (χ4v) is 4.47. The molecule has 27 heavy (non-hydrogen) atoms. The molecule has 2 aliphatic heterocycles. The zero-order valence-corrected chi connectivity index (χ0v) is 16.8. The number of aromatic nitrogens is 1. The molecule has 2 saturated heterocycles. The van der Waals surface area contributed by atoms with E-state index in [0.29, 0.717) is 19.6 Å². The summed E-state index contributed by atoms with van der Waals surface area (Å²) in [6, 6.07) is 5.93. The van der Waals surface area contributed by atoms with E-state index >= 15 is 0 Å². The van der Waals surface area contributed by atoms with Crippen molar-refractivity contribution in [2.75, 3.05) is 45.2 Å². The number of nitrogens with zero attached hydrogens (tertiary/aromatic N) is 4. The Bertz CT molecular complexity index is 678. The number of pyridine rings is 1. The number of likely N-dealkylation sites (tertiary alicyclic amines) is 1. The molecule has 0 aliphatic carbocycles. The molecule has 0 saturated carbocycles. The van der Waals surface area contributed by atoms with Gasteiger partial charge in [0.05, 0.1) is 5.41 Å². The third-order valence-corrected chi connectivity index (χ3v) is 5.69. The van der Waals surface area contributed by atoms with Gasteiger partial charge in [-0.25, -0.2) is 9.78 Å². The number of hydrogen-bond donors (Lipinski definition) is 1. The summed E-state index contributed by atoms with van der Waals surface area (Å²) >= 11 is 0. The van der Waals surface area contributed by atoms with Crippen LogP contribution in [-0.2, 0) is 4.79 Å². The molecule has 2 fully saturated rings. The third-order valence-electron chi connectivity index (χ3n) is 5.69. The molecule has 3 amide bonds. The summed E-state index contributed by atoms with van der Waals surface area (Å²) in [4.78, 5) is 36.1. The van der Waals surface area contributed by atoms with E-state index in [2.05, 4.69) is 15.2 Å². The topological polar surface area (TPSA) is 68.8 Å². The maximum absolute atomic E-state index is 13.2. The minimum absolute atomic E-state index is 0.0330. The zero-order chi connectivity index (χ0) is 19.6. The smallest absolute Gasteiger partial charge is 0.317 e. The molecule has 7 nitrogen and oxygen atoms in total.